The van der Waals surface area contributed by atoms with E-state index in [0.29, 0.717) is 11.3 Å². The Labute approximate surface area is 106 Å². The van der Waals surface area contributed by atoms with Crippen LogP contribution in [0.1, 0.15) is 15.9 Å². The van der Waals surface area contributed by atoms with Crippen molar-refractivity contribution in [2.45, 2.75) is 0 Å². The summed E-state index contributed by atoms with van der Waals surface area (Å²) in [5.74, 6) is 0.619. The van der Waals surface area contributed by atoms with E-state index in [1.165, 1.54) is 6.08 Å². The molecule has 0 bridgehead atoms. The van der Waals surface area contributed by atoms with Crippen LogP contribution < -0.4 is 4.74 Å². The summed E-state index contributed by atoms with van der Waals surface area (Å²) in [7, 11) is 1.58. The maximum Gasteiger partial charge on any atom is 0.185 e. The first-order chi connectivity index (χ1) is 8.79. The molecule has 0 fully saturated rings. The SMILES string of the molecule is COc1cccc(C(=O)/C=C/c2cccnc2)c1. The minimum atomic E-state index is -0.0576. The molecule has 1 heterocycles. The third-order valence-electron chi connectivity index (χ3n) is 2.47. The van der Waals surface area contributed by atoms with Crippen LogP contribution >= 0.6 is 0 Å². The van der Waals surface area contributed by atoms with E-state index >= 15 is 0 Å². The molecule has 0 saturated heterocycles. The van der Waals surface area contributed by atoms with E-state index < -0.39 is 0 Å². The summed E-state index contributed by atoms with van der Waals surface area (Å²) in [5, 5.41) is 0. The van der Waals surface area contributed by atoms with Crippen LogP contribution in [0.4, 0.5) is 0 Å². The number of aromatic nitrogens is 1. The van der Waals surface area contributed by atoms with Crippen molar-refractivity contribution in [3.05, 3.63) is 66.0 Å². The fraction of sp³-hybridized carbons (Fsp3) is 0.0667. The lowest BCUT2D eigenvalue weighted by Crippen LogP contribution is -1.94. The number of benzene rings is 1. The van der Waals surface area contributed by atoms with Gasteiger partial charge in [0, 0.05) is 18.0 Å². The van der Waals surface area contributed by atoms with E-state index in [-0.39, 0.29) is 5.78 Å². The van der Waals surface area contributed by atoms with Crippen LogP contribution in [0.15, 0.2) is 54.9 Å². The summed E-state index contributed by atoms with van der Waals surface area (Å²) < 4.78 is 5.08. The smallest absolute Gasteiger partial charge is 0.185 e. The van der Waals surface area contributed by atoms with E-state index in [0.717, 1.165) is 5.56 Å². The van der Waals surface area contributed by atoms with Crippen LogP contribution in [0.5, 0.6) is 5.75 Å². The van der Waals surface area contributed by atoms with Crippen LogP contribution in [0.25, 0.3) is 6.08 Å². The van der Waals surface area contributed by atoms with Crippen molar-refractivity contribution >= 4 is 11.9 Å². The average Bonchev–Trinajstić information content (AvgIpc) is 2.46. The van der Waals surface area contributed by atoms with Crippen LogP contribution in [0, 0.1) is 0 Å². The molecule has 0 atom stereocenters. The molecule has 0 N–H and O–H groups in total. The minimum absolute atomic E-state index is 0.0576. The molecule has 0 unspecified atom stereocenters. The quantitative estimate of drug-likeness (QED) is 0.608. The highest BCUT2D eigenvalue weighted by atomic mass is 16.5. The predicted octanol–water partition coefficient (Wildman–Crippen LogP) is 2.99. The van der Waals surface area contributed by atoms with Crippen LogP contribution in [-0.2, 0) is 0 Å². The Kier molecular flexibility index (Phi) is 3.86. The van der Waals surface area contributed by atoms with Crippen molar-refractivity contribution in [2.24, 2.45) is 0 Å². The standard InChI is InChI=1S/C15H13NO2/c1-18-14-6-2-5-13(10-14)15(17)8-7-12-4-3-9-16-11-12/h2-11H,1H3/b8-7+. The van der Waals surface area contributed by atoms with Gasteiger partial charge in [0.1, 0.15) is 5.75 Å². The number of ether oxygens (including phenoxy) is 1. The van der Waals surface area contributed by atoms with Crippen molar-refractivity contribution in [2.75, 3.05) is 7.11 Å². The average molecular weight is 239 g/mol. The van der Waals surface area contributed by atoms with E-state index in [1.807, 2.05) is 18.2 Å². The maximum absolute atomic E-state index is 11.9. The number of nitrogens with zero attached hydrogens (tertiary/aromatic N) is 1. The molecule has 0 aliphatic rings. The van der Waals surface area contributed by atoms with Crippen molar-refractivity contribution in [1.82, 2.24) is 4.98 Å². The molecule has 2 rings (SSSR count). The van der Waals surface area contributed by atoms with Gasteiger partial charge in [0.15, 0.2) is 5.78 Å². The molecule has 0 amide bonds. The lowest BCUT2D eigenvalue weighted by molar-refractivity contribution is 0.104. The number of hydrogen-bond acceptors (Lipinski definition) is 3. The number of pyridine rings is 1. The van der Waals surface area contributed by atoms with Crippen molar-refractivity contribution in [3.8, 4) is 5.75 Å². The first-order valence-corrected chi connectivity index (χ1v) is 5.56. The second kappa shape index (κ2) is 5.77. The van der Waals surface area contributed by atoms with Gasteiger partial charge in [0.05, 0.1) is 7.11 Å². The number of carbonyl (C=O) groups is 1. The van der Waals surface area contributed by atoms with Gasteiger partial charge in [-0.05, 0) is 35.9 Å². The highest BCUT2D eigenvalue weighted by Crippen LogP contribution is 2.13. The Balaban J connectivity index is 2.14. The van der Waals surface area contributed by atoms with Gasteiger partial charge in [-0.2, -0.15) is 0 Å². The van der Waals surface area contributed by atoms with Gasteiger partial charge in [0.25, 0.3) is 0 Å². The van der Waals surface area contributed by atoms with Crippen molar-refractivity contribution in [1.29, 1.82) is 0 Å². The van der Waals surface area contributed by atoms with Crippen molar-refractivity contribution < 1.29 is 9.53 Å². The zero-order chi connectivity index (χ0) is 12.8. The Morgan fingerprint density at radius 2 is 2.17 bits per heavy atom. The summed E-state index contributed by atoms with van der Waals surface area (Å²) in [4.78, 5) is 15.9. The third kappa shape index (κ3) is 3.04. The van der Waals surface area contributed by atoms with E-state index in [4.69, 9.17) is 4.74 Å². The number of carbonyl (C=O) groups excluding carboxylic acids is 1. The normalized spacial score (nSPS) is 10.5. The lowest BCUT2D eigenvalue weighted by atomic mass is 10.1. The largest absolute Gasteiger partial charge is 0.497 e. The molecule has 0 aliphatic heterocycles. The second-order valence-electron chi connectivity index (χ2n) is 3.72. The fourth-order valence-corrected chi connectivity index (χ4v) is 1.52. The third-order valence-corrected chi connectivity index (χ3v) is 2.47. The maximum atomic E-state index is 11.9. The number of ketones is 1. The van der Waals surface area contributed by atoms with Gasteiger partial charge in [-0.15, -0.1) is 0 Å². The number of hydrogen-bond donors (Lipinski definition) is 0. The Morgan fingerprint density at radius 1 is 1.28 bits per heavy atom. The monoisotopic (exact) mass is 239 g/mol. The molecule has 2 aromatic rings. The zero-order valence-electron chi connectivity index (χ0n) is 10.0. The Bertz CT molecular complexity index is 562. The molecule has 18 heavy (non-hydrogen) atoms. The van der Waals surface area contributed by atoms with Gasteiger partial charge >= 0.3 is 0 Å². The van der Waals surface area contributed by atoms with E-state index in [9.17, 15) is 4.79 Å². The topological polar surface area (TPSA) is 39.2 Å². The highest BCUT2D eigenvalue weighted by molar-refractivity contribution is 6.07. The first-order valence-electron chi connectivity index (χ1n) is 5.56. The van der Waals surface area contributed by atoms with E-state index in [2.05, 4.69) is 4.98 Å². The molecule has 0 saturated carbocycles. The van der Waals surface area contributed by atoms with Gasteiger partial charge < -0.3 is 4.74 Å². The summed E-state index contributed by atoms with van der Waals surface area (Å²) in [6, 6.07) is 10.8. The van der Waals surface area contributed by atoms with Crippen LogP contribution in [0.3, 0.4) is 0 Å². The summed E-state index contributed by atoms with van der Waals surface area (Å²) in [6.45, 7) is 0. The second-order valence-corrected chi connectivity index (χ2v) is 3.72. The van der Waals surface area contributed by atoms with Crippen LogP contribution in [0.2, 0.25) is 0 Å². The van der Waals surface area contributed by atoms with Gasteiger partial charge in [-0.25, -0.2) is 0 Å². The molecule has 1 aromatic heterocycles. The molecule has 1 aromatic carbocycles. The molecular formula is C15H13NO2. The summed E-state index contributed by atoms with van der Waals surface area (Å²) in [6.07, 6.45) is 6.68. The van der Waals surface area contributed by atoms with Gasteiger partial charge in [0.2, 0.25) is 0 Å². The Hall–Kier alpha value is -2.42. The molecule has 0 aliphatic carbocycles. The van der Waals surface area contributed by atoms with Gasteiger partial charge in [-0.1, -0.05) is 18.2 Å². The zero-order valence-corrected chi connectivity index (χ0v) is 10.0. The highest BCUT2D eigenvalue weighted by Gasteiger charge is 2.02. The van der Waals surface area contributed by atoms with Crippen molar-refractivity contribution in [3.63, 3.8) is 0 Å². The summed E-state index contributed by atoms with van der Waals surface area (Å²) >= 11 is 0. The number of rotatable bonds is 4. The summed E-state index contributed by atoms with van der Waals surface area (Å²) in [5.41, 5.74) is 1.50. The molecular weight excluding hydrogens is 226 g/mol. The number of methoxy groups -OCH3 is 1. The number of allylic oxidation sites excluding steroid dienone is 1. The first kappa shape index (κ1) is 12.0. The minimum Gasteiger partial charge on any atom is -0.497 e. The molecule has 3 nitrogen and oxygen atoms in total. The molecule has 0 radical (unpaired) electrons. The molecule has 3 heteroatoms. The molecule has 90 valence electrons. The lowest BCUT2D eigenvalue weighted by Gasteiger charge is -2.00. The predicted molar refractivity (Wildman–Crippen MR) is 70.6 cm³/mol. The fourth-order valence-electron chi connectivity index (χ4n) is 1.52. The van der Waals surface area contributed by atoms with E-state index in [1.54, 1.807) is 43.8 Å². The molecule has 0 spiro atoms. The van der Waals surface area contributed by atoms with Gasteiger partial charge in [-0.3, -0.25) is 9.78 Å². The van der Waals surface area contributed by atoms with Crippen LogP contribution in [-0.4, -0.2) is 17.9 Å². The Morgan fingerprint density at radius 3 is 2.89 bits per heavy atom.